The molecule has 3 heteroatoms. The molecule has 2 rings (SSSR count). The normalized spacial score (nSPS) is 36.5. The van der Waals surface area contributed by atoms with E-state index in [-0.39, 0.29) is 6.67 Å². The van der Waals surface area contributed by atoms with Crippen molar-refractivity contribution in [2.75, 3.05) is 46.4 Å². The van der Waals surface area contributed by atoms with Gasteiger partial charge in [0.25, 0.3) is 0 Å². The minimum atomic E-state index is -0.189. The van der Waals surface area contributed by atoms with E-state index < -0.39 is 0 Å². The van der Waals surface area contributed by atoms with E-state index in [1.807, 2.05) is 0 Å². The summed E-state index contributed by atoms with van der Waals surface area (Å²) in [4.78, 5) is 4.68. The molecule has 0 aromatic rings. The molecule has 0 aliphatic carbocycles. The molecule has 0 aromatic heterocycles. The van der Waals surface area contributed by atoms with E-state index in [1.165, 1.54) is 25.9 Å². The lowest BCUT2D eigenvalue weighted by molar-refractivity contribution is 0.241. The fraction of sp³-hybridized carbons (Fsp3) is 1.00. The van der Waals surface area contributed by atoms with Crippen LogP contribution in [0.3, 0.4) is 0 Å². The van der Waals surface area contributed by atoms with Crippen LogP contribution in [0.5, 0.6) is 0 Å². The fourth-order valence-corrected chi connectivity index (χ4v) is 2.83. The number of halogens is 1. The van der Waals surface area contributed by atoms with Crippen LogP contribution in [-0.2, 0) is 0 Å². The van der Waals surface area contributed by atoms with Crippen molar-refractivity contribution < 1.29 is 4.39 Å². The first-order valence-corrected chi connectivity index (χ1v) is 5.21. The van der Waals surface area contributed by atoms with E-state index in [9.17, 15) is 4.39 Å². The molecular formula is C10H19FN2. The summed E-state index contributed by atoms with van der Waals surface area (Å²) >= 11 is 0. The van der Waals surface area contributed by atoms with E-state index in [0.29, 0.717) is 12.0 Å². The maximum atomic E-state index is 12.1. The Morgan fingerprint density at radius 2 is 2.00 bits per heavy atom. The van der Waals surface area contributed by atoms with Gasteiger partial charge in [0.05, 0.1) is 0 Å². The second-order valence-corrected chi connectivity index (χ2v) is 4.70. The number of hydrogen-bond acceptors (Lipinski definition) is 2. The molecular weight excluding hydrogens is 167 g/mol. The van der Waals surface area contributed by atoms with Gasteiger partial charge in [-0.2, -0.15) is 0 Å². The number of hydrogen-bond donors (Lipinski definition) is 0. The van der Waals surface area contributed by atoms with Crippen LogP contribution in [-0.4, -0.2) is 56.2 Å². The Morgan fingerprint density at radius 1 is 1.23 bits per heavy atom. The number of rotatable bonds is 2. The van der Waals surface area contributed by atoms with Crippen LogP contribution in [0, 0.1) is 5.41 Å². The standard InChI is InChI=1S/C10H19FN2/c1-12-5-2-10(8-12)3-6-13(9-10)7-4-11/h2-9H2,1H3. The van der Waals surface area contributed by atoms with Gasteiger partial charge in [0.15, 0.2) is 0 Å². The van der Waals surface area contributed by atoms with Gasteiger partial charge in [-0.15, -0.1) is 0 Å². The summed E-state index contributed by atoms with van der Waals surface area (Å²) in [6.07, 6.45) is 2.59. The molecule has 2 aliphatic rings. The number of likely N-dealkylation sites (tertiary alicyclic amines) is 2. The topological polar surface area (TPSA) is 6.48 Å². The molecule has 76 valence electrons. The Bertz CT molecular complexity index is 186. The molecule has 2 aliphatic heterocycles. The van der Waals surface area contributed by atoms with E-state index >= 15 is 0 Å². The minimum Gasteiger partial charge on any atom is -0.306 e. The van der Waals surface area contributed by atoms with Crippen LogP contribution in [0.2, 0.25) is 0 Å². The SMILES string of the molecule is CN1CCC2(CCN(CCF)C2)C1. The molecule has 0 radical (unpaired) electrons. The predicted molar refractivity (Wildman–Crippen MR) is 51.6 cm³/mol. The summed E-state index contributed by atoms with van der Waals surface area (Å²) in [6, 6.07) is 0. The van der Waals surface area contributed by atoms with Crippen LogP contribution in [0.25, 0.3) is 0 Å². The van der Waals surface area contributed by atoms with Gasteiger partial charge in [-0.25, -0.2) is 4.39 Å². The highest BCUT2D eigenvalue weighted by Crippen LogP contribution is 2.38. The molecule has 0 aromatic carbocycles. The zero-order valence-corrected chi connectivity index (χ0v) is 8.43. The number of alkyl halides is 1. The Hall–Kier alpha value is -0.150. The van der Waals surface area contributed by atoms with E-state index in [4.69, 9.17) is 0 Å². The van der Waals surface area contributed by atoms with Crippen molar-refractivity contribution in [2.45, 2.75) is 12.8 Å². The molecule has 0 bridgehead atoms. The average molecular weight is 186 g/mol. The van der Waals surface area contributed by atoms with Crippen molar-refractivity contribution >= 4 is 0 Å². The van der Waals surface area contributed by atoms with E-state index in [0.717, 1.165) is 13.1 Å². The van der Waals surface area contributed by atoms with Crippen LogP contribution >= 0.6 is 0 Å². The summed E-state index contributed by atoms with van der Waals surface area (Å²) in [5.74, 6) is 0. The first-order valence-electron chi connectivity index (χ1n) is 5.21. The molecule has 0 amide bonds. The molecule has 2 heterocycles. The van der Waals surface area contributed by atoms with E-state index in [1.54, 1.807) is 0 Å². The highest BCUT2D eigenvalue weighted by molar-refractivity contribution is 4.95. The second kappa shape index (κ2) is 3.54. The van der Waals surface area contributed by atoms with Gasteiger partial charge in [0.1, 0.15) is 6.67 Å². The smallest absolute Gasteiger partial charge is 0.102 e. The van der Waals surface area contributed by atoms with Crippen molar-refractivity contribution in [3.05, 3.63) is 0 Å². The summed E-state index contributed by atoms with van der Waals surface area (Å²) < 4.78 is 12.1. The van der Waals surface area contributed by atoms with E-state index in [2.05, 4.69) is 16.8 Å². The van der Waals surface area contributed by atoms with Crippen molar-refractivity contribution in [3.8, 4) is 0 Å². The van der Waals surface area contributed by atoms with Crippen molar-refractivity contribution in [2.24, 2.45) is 5.41 Å². The third-order valence-corrected chi connectivity index (χ3v) is 3.55. The first-order chi connectivity index (χ1) is 6.24. The monoisotopic (exact) mass is 186 g/mol. The van der Waals surface area contributed by atoms with Crippen LogP contribution < -0.4 is 0 Å². The zero-order chi connectivity index (χ0) is 9.31. The van der Waals surface area contributed by atoms with Gasteiger partial charge in [-0.05, 0) is 38.4 Å². The molecule has 1 unspecified atom stereocenters. The van der Waals surface area contributed by atoms with Gasteiger partial charge >= 0.3 is 0 Å². The zero-order valence-electron chi connectivity index (χ0n) is 8.43. The molecule has 1 atom stereocenters. The predicted octanol–water partition coefficient (Wildman–Crippen LogP) is 0.984. The molecule has 2 saturated heterocycles. The maximum Gasteiger partial charge on any atom is 0.102 e. The third kappa shape index (κ3) is 1.86. The third-order valence-electron chi connectivity index (χ3n) is 3.55. The molecule has 0 saturated carbocycles. The maximum absolute atomic E-state index is 12.1. The molecule has 2 fully saturated rings. The highest BCUT2D eigenvalue weighted by Gasteiger charge is 2.41. The van der Waals surface area contributed by atoms with Crippen LogP contribution in [0.15, 0.2) is 0 Å². The Labute approximate surface area is 79.7 Å². The van der Waals surface area contributed by atoms with Crippen molar-refractivity contribution in [1.82, 2.24) is 9.80 Å². The molecule has 0 N–H and O–H groups in total. The number of nitrogens with zero attached hydrogens (tertiary/aromatic N) is 2. The minimum absolute atomic E-state index is 0.189. The quantitative estimate of drug-likeness (QED) is 0.634. The Morgan fingerprint density at radius 3 is 2.62 bits per heavy atom. The molecule has 2 nitrogen and oxygen atoms in total. The van der Waals surface area contributed by atoms with Gasteiger partial charge in [-0.3, -0.25) is 0 Å². The lowest BCUT2D eigenvalue weighted by atomic mass is 9.86. The lowest BCUT2D eigenvalue weighted by Gasteiger charge is -2.23. The summed E-state index contributed by atoms with van der Waals surface area (Å²) in [5, 5.41) is 0. The fourth-order valence-electron chi connectivity index (χ4n) is 2.83. The Kier molecular flexibility index (Phi) is 2.56. The summed E-state index contributed by atoms with van der Waals surface area (Å²) in [6.45, 7) is 5.13. The van der Waals surface area contributed by atoms with Crippen molar-refractivity contribution in [1.29, 1.82) is 0 Å². The summed E-state index contributed by atoms with van der Waals surface area (Å²) in [5.41, 5.74) is 0.518. The second-order valence-electron chi connectivity index (χ2n) is 4.70. The first kappa shape index (κ1) is 9.41. The Balaban J connectivity index is 1.89. The van der Waals surface area contributed by atoms with Gasteiger partial charge in [0.2, 0.25) is 0 Å². The summed E-state index contributed by atoms with van der Waals surface area (Å²) in [7, 11) is 2.19. The highest BCUT2D eigenvalue weighted by atomic mass is 19.1. The largest absolute Gasteiger partial charge is 0.306 e. The van der Waals surface area contributed by atoms with Gasteiger partial charge < -0.3 is 9.80 Å². The van der Waals surface area contributed by atoms with Crippen LogP contribution in [0.1, 0.15) is 12.8 Å². The lowest BCUT2D eigenvalue weighted by Crippen LogP contribution is -2.30. The average Bonchev–Trinajstić information content (AvgIpc) is 2.62. The van der Waals surface area contributed by atoms with Crippen molar-refractivity contribution in [3.63, 3.8) is 0 Å². The molecule has 13 heavy (non-hydrogen) atoms. The van der Waals surface area contributed by atoms with Gasteiger partial charge in [-0.1, -0.05) is 0 Å². The molecule has 1 spiro atoms. The van der Waals surface area contributed by atoms with Crippen LogP contribution in [0.4, 0.5) is 4.39 Å². The van der Waals surface area contributed by atoms with Gasteiger partial charge in [0, 0.05) is 19.6 Å².